The first-order valence-corrected chi connectivity index (χ1v) is 12.6. The molecule has 2 aromatic carbocycles. The van der Waals surface area contributed by atoms with Crippen molar-refractivity contribution in [2.24, 2.45) is 22.0 Å². The lowest BCUT2D eigenvalue weighted by Gasteiger charge is -2.23. The predicted octanol–water partition coefficient (Wildman–Crippen LogP) is 4.80. The molecule has 0 spiro atoms. The number of ether oxygens (including phenoxy) is 1. The molecule has 1 N–H and O–H groups in total. The Balaban J connectivity index is 1.52. The van der Waals surface area contributed by atoms with Gasteiger partial charge in [0.2, 0.25) is 11.7 Å². The molecular weight excluding hydrogens is 492 g/mol. The number of anilines is 1. The minimum atomic E-state index is -1.62. The Bertz CT molecular complexity index is 1580. The number of carbonyl (C=O) groups excluding carboxylic acids is 3. The lowest BCUT2D eigenvalue weighted by atomic mass is 9.84. The fourth-order valence-corrected chi connectivity index (χ4v) is 4.80. The number of esters is 1. The van der Waals surface area contributed by atoms with Gasteiger partial charge in [-0.1, -0.05) is 60.7 Å². The van der Waals surface area contributed by atoms with E-state index in [4.69, 9.17) is 4.74 Å². The van der Waals surface area contributed by atoms with Crippen LogP contribution >= 0.6 is 0 Å². The minimum Gasteiger partial charge on any atom is -0.457 e. The molecule has 2 atom stereocenters. The zero-order valence-corrected chi connectivity index (χ0v) is 21.8. The Morgan fingerprint density at radius 3 is 2.41 bits per heavy atom. The molecule has 0 saturated carbocycles. The maximum absolute atomic E-state index is 13.6. The van der Waals surface area contributed by atoms with Gasteiger partial charge in [-0.05, 0) is 50.5 Å². The van der Waals surface area contributed by atoms with E-state index in [-0.39, 0.29) is 11.6 Å². The third-order valence-electron chi connectivity index (χ3n) is 6.45. The molecule has 0 aromatic heterocycles. The second-order valence-electron chi connectivity index (χ2n) is 10.4. The van der Waals surface area contributed by atoms with Gasteiger partial charge in [-0.15, -0.1) is 10.2 Å². The van der Waals surface area contributed by atoms with Gasteiger partial charge in [0.25, 0.3) is 0 Å². The molecule has 0 saturated heterocycles. The molecule has 3 aliphatic rings. The fourth-order valence-electron chi connectivity index (χ4n) is 4.80. The van der Waals surface area contributed by atoms with Crippen LogP contribution in [0.25, 0.3) is 5.57 Å². The van der Waals surface area contributed by atoms with Crippen LogP contribution in [0.1, 0.15) is 38.3 Å². The Morgan fingerprint density at radius 2 is 1.72 bits per heavy atom. The quantitative estimate of drug-likeness (QED) is 0.334. The second kappa shape index (κ2) is 10.1. The van der Waals surface area contributed by atoms with Gasteiger partial charge >= 0.3 is 5.97 Å². The van der Waals surface area contributed by atoms with Crippen LogP contribution in [0.5, 0.6) is 0 Å². The van der Waals surface area contributed by atoms with E-state index in [1.165, 1.54) is 0 Å². The van der Waals surface area contributed by atoms with Gasteiger partial charge in [-0.25, -0.2) is 4.79 Å². The first-order valence-electron chi connectivity index (χ1n) is 12.6. The van der Waals surface area contributed by atoms with Crippen molar-refractivity contribution in [2.75, 3.05) is 5.32 Å². The van der Waals surface area contributed by atoms with Crippen molar-refractivity contribution in [3.05, 3.63) is 95.1 Å². The molecule has 5 rings (SSSR count). The summed E-state index contributed by atoms with van der Waals surface area (Å²) < 4.78 is 5.59. The lowest BCUT2D eigenvalue weighted by Crippen LogP contribution is -2.34. The number of nitriles is 1. The van der Waals surface area contributed by atoms with Gasteiger partial charge in [0.1, 0.15) is 17.0 Å². The highest BCUT2D eigenvalue weighted by Crippen LogP contribution is 2.43. The van der Waals surface area contributed by atoms with Gasteiger partial charge < -0.3 is 10.1 Å². The molecule has 39 heavy (non-hydrogen) atoms. The van der Waals surface area contributed by atoms with Crippen LogP contribution in [-0.2, 0) is 19.1 Å². The van der Waals surface area contributed by atoms with Crippen LogP contribution < -0.4 is 5.32 Å². The lowest BCUT2D eigenvalue weighted by molar-refractivity contribution is -0.150. The van der Waals surface area contributed by atoms with Gasteiger partial charge in [0, 0.05) is 28.3 Å². The summed E-state index contributed by atoms with van der Waals surface area (Å²) in [7, 11) is 0. The highest BCUT2D eigenvalue weighted by atomic mass is 16.6. The van der Waals surface area contributed by atoms with Crippen molar-refractivity contribution in [3.8, 4) is 6.07 Å². The van der Waals surface area contributed by atoms with E-state index in [9.17, 15) is 19.6 Å². The molecule has 0 fully saturated rings. The number of para-hydroxylation sites is 1. The molecule has 2 aliphatic carbocycles. The average molecular weight is 519 g/mol. The summed E-state index contributed by atoms with van der Waals surface area (Å²) in [4.78, 5) is 39.4. The van der Waals surface area contributed by atoms with E-state index in [0.717, 1.165) is 16.7 Å². The van der Waals surface area contributed by atoms with Gasteiger partial charge in [0.05, 0.1) is 6.07 Å². The van der Waals surface area contributed by atoms with Crippen molar-refractivity contribution in [2.45, 2.75) is 32.8 Å². The molecule has 1 amide bonds. The zero-order chi connectivity index (χ0) is 27.7. The number of allylic oxidation sites excluding steroid dienone is 5. The van der Waals surface area contributed by atoms with E-state index >= 15 is 0 Å². The van der Waals surface area contributed by atoms with Crippen molar-refractivity contribution in [3.63, 3.8) is 0 Å². The Labute approximate surface area is 226 Å². The molecule has 0 bridgehead atoms. The molecule has 194 valence electrons. The van der Waals surface area contributed by atoms with Crippen molar-refractivity contribution in [1.29, 1.82) is 5.26 Å². The van der Waals surface area contributed by atoms with E-state index in [2.05, 4.69) is 15.5 Å². The van der Waals surface area contributed by atoms with Crippen molar-refractivity contribution >= 4 is 40.3 Å². The van der Waals surface area contributed by atoms with Gasteiger partial charge in [-0.3, -0.25) is 9.59 Å². The van der Waals surface area contributed by atoms with Gasteiger partial charge in [0.15, 0.2) is 5.92 Å². The number of rotatable bonds is 6. The maximum Gasteiger partial charge on any atom is 0.334 e. The van der Waals surface area contributed by atoms with Crippen LogP contribution in [0, 0.1) is 23.2 Å². The van der Waals surface area contributed by atoms with E-state index in [1.807, 2.05) is 69.3 Å². The minimum absolute atomic E-state index is 0.0443. The highest BCUT2D eigenvalue weighted by molar-refractivity contribution is 6.60. The summed E-state index contributed by atoms with van der Waals surface area (Å²) in [6.45, 7) is 5.44. The number of carbonyl (C=O) groups is 3. The fraction of sp³-hybridized carbons (Fsp3) is 0.226. The van der Waals surface area contributed by atoms with Gasteiger partial charge in [-0.2, -0.15) is 5.26 Å². The maximum atomic E-state index is 13.6. The third-order valence-corrected chi connectivity index (χ3v) is 6.45. The summed E-state index contributed by atoms with van der Waals surface area (Å²) in [6.07, 6.45) is 6.11. The molecule has 2 unspecified atom stereocenters. The highest BCUT2D eigenvalue weighted by Gasteiger charge is 2.42. The average Bonchev–Trinajstić information content (AvgIpc) is 3.47. The molecule has 1 heterocycles. The molecular formula is C31H26N4O4. The summed E-state index contributed by atoms with van der Waals surface area (Å²) in [6, 6.07) is 18.0. The van der Waals surface area contributed by atoms with E-state index < -0.39 is 29.2 Å². The first kappa shape index (κ1) is 25.7. The standard InChI is InChI=1S/C31H26N4O4/c1-31(2,3)39-30(38)19-11-9-10-18(16-19)24-21-14-7-8-15-22(21)26-25(24)27(35-34-26)28(36)23(17-32)29(37)33-20-12-5-4-6-13-20/h4-10,12-16,18,23H,11H2,1-3H3,(H,33,37). The summed E-state index contributed by atoms with van der Waals surface area (Å²) >= 11 is 0. The van der Waals surface area contributed by atoms with E-state index in [1.54, 1.807) is 30.3 Å². The Hall–Kier alpha value is -4.90. The third kappa shape index (κ3) is 4.99. The number of nitrogens with one attached hydrogen (secondary N) is 1. The zero-order valence-electron chi connectivity index (χ0n) is 21.8. The summed E-state index contributed by atoms with van der Waals surface area (Å²) in [5.74, 6) is -3.87. The molecule has 8 heteroatoms. The smallest absolute Gasteiger partial charge is 0.334 e. The second-order valence-corrected chi connectivity index (χ2v) is 10.4. The number of hydrogen-bond donors (Lipinski definition) is 1. The number of hydrogen-bond acceptors (Lipinski definition) is 7. The first-order chi connectivity index (χ1) is 18.7. The molecule has 8 nitrogen and oxygen atoms in total. The summed E-state index contributed by atoms with van der Waals surface area (Å²) in [5.41, 5.74) is 3.67. The predicted molar refractivity (Wildman–Crippen MR) is 148 cm³/mol. The normalized spacial score (nSPS) is 18.2. The molecule has 0 radical (unpaired) electrons. The number of benzene rings is 2. The van der Waals surface area contributed by atoms with Crippen LogP contribution in [-0.4, -0.2) is 34.7 Å². The van der Waals surface area contributed by atoms with Crippen molar-refractivity contribution < 1.29 is 19.1 Å². The van der Waals surface area contributed by atoms with E-state index in [0.29, 0.717) is 29.0 Å². The topological polar surface area (TPSA) is 121 Å². The largest absolute Gasteiger partial charge is 0.457 e. The SMILES string of the molecule is CC(C)(C)OC(=O)C1=CC(C2=C3C(C(=O)C(C#N)C(=O)Nc4ccccc4)=NN=C3c3ccccc32)C=CC1. The van der Waals surface area contributed by atoms with Crippen LogP contribution in [0.3, 0.4) is 0 Å². The monoisotopic (exact) mass is 518 g/mol. The van der Waals surface area contributed by atoms with Crippen LogP contribution in [0.2, 0.25) is 0 Å². The number of amides is 1. The number of Topliss-reactive ketones (excluding diaryl/α,β-unsaturated/α-hetero) is 1. The number of nitrogens with zero attached hydrogens (tertiary/aromatic N) is 3. The number of ketones is 1. The summed E-state index contributed by atoms with van der Waals surface area (Å²) in [5, 5.41) is 20.9. The Kier molecular flexibility index (Phi) is 6.67. The molecule has 1 aliphatic heterocycles. The Morgan fingerprint density at radius 1 is 1.03 bits per heavy atom. The van der Waals surface area contributed by atoms with Crippen LogP contribution in [0.15, 0.2) is 94.2 Å². The van der Waals surface area contributed by atoms with Crippen molar-refractivity contribution in [1.82, 2.24) is 0 Å². The molecule has 2 aromatic rings. The van der Waals surface area contributed by atoms with Crippen LogP contribution in [0.4, 0.5) is 5.69 Å². The number of fused-ring (bicyclic) bond motifs is 3.